The van der Waals surface area contributed by atoms with Gasteiger partial charge in [-0.3, -0.25) is 0 Å². The van der Waals surface area contributed by atoms with Gasteiger partial charge in [-0.05, 0) is 47.1 Å². The summed E-state index contributed by atoms with van der Waals surface area (Å²) in [4.78, 5) is 0. The number of alkyl halides is 1. The summed E-state index contributed by atoms with van der Waals surface area (Å²) in [6.45, 7) is 4.50. The Labute approximate surface area is 113 Å². The van der Waals surface area contributed by atoms with E-state index in [1.807, 2.05) is 11.3 Å². The highest BCUT2D eigenvalue weighted by molar-refractivity contribution is 7.17. The Hall–Kier alpha value is -0.530. The van der Waals surface area contributed by atoms with Gasteiger partial charge in [0, 0.05) is 10.6 Å². The fourth-order valence-electron chi connectivity index (χ4n) is 2.31. The lowest BCUT2D eigenvalue weighted by atomic mass is 9.79. The van der Waals surface area contributed by atoms with Crippen molar-refractivity contribution in [2.45, 2.75) is 33.1 Å². The van der Waals surface area contributed by atoms with Crippen LogP contribution < -0.4 is 0 Å². The van der Waals surface area contributed by atoms with Gasteiger partial charge in [0.15, 0.2) is 0 Å². The molecule has 2 aromatic rings. The topological polar surface area (TPSA) is 0 Å². The van der Waals surface area contributed by atoms with Crippen LogP contribution in [0.5, 0.6) is 0 Å². The molecule has 1 heterocycles. The summed E-state index contributed by atoms with van der Waals surface area (Å²) in [7, 11) is 0. The predicted molar refractivity (Wildman–Crippen MR) is 79.3 cm³/mol. The van der Waals surface area contributed by atoms with Crippen LogP contribution in [0.3, 0.4) is 0 Å². The van der Waals surface area contributed by atoms with Crippen LogP contribution in [0, 0.1) is 5.41 Å². The molecule has 0 N–H and O–H groups in total. The van der Waals surface area contributed by atoms with Crippen LogP contribution in [0.15, 0.2) is 29.6 Å². The molecule has 0 aliphatic carbocycles. The van der Waals surface area contributed by atoms with E-state index in [4.69, 9.17) is 11.6 Å². The minimum absolute atomic E-state index is 0.269. The standard InChI is InChI=1S/C15H19ClS/c1-3-15(4-2,11-16)9-12-10-17-14-8-6-5-7-13(12)14/h5-8,10H,3-4,9,11H2,1-2H3. The van der Waals surface area contributed by atoms with Gasteiger partial charge in [0.1, 0.15) is 0 Å². The summed E-state index contributed by atoms with van der Waals surface area (Å²) in [5, 5.41) is 3.71. The van der Waals surface area contributed by atoms with Crippen LogP contribution in [0.1, 0.15) is 32.3 Å². The van der Waals surface area contributed by atoms with Crippen LogP contribution in [-0.4, -0.2) is 5.88 Å². The van der Waals surface area contributed by atoms with Gasteiger partial charge in [0.05, 0.1) is 0 Å². The van der Waals surface area contributed by atoms with Gasteiger partial charge >= 0.3 is 0 Å². The lowest BCUT2D eigenvalue weighted by molar-refractivity contribution is 0.303. The molecule has 0 atom stereocenters. The first-order chi connectivity index (χ1) is 8.24. The zero-order valence-corrected chi connectivity index (χ0v) is 12.1. The summed E-state index contributed by atoms with van der Waals surface area (Å²) in [6, 6.07) is 8.66. The molecule has 0 nitrogen and oxygen atoms in total. The first kappa shape index (κ1) is 12.9. The molecule has 0 amide bonds. The summed E-state index contributed by atoms with van der Waals surface area (Å²) in [6.07, 6.45) is 3.40. The molecule has 0 saturated carbocycles. The van der Waals surface area contributed by atoms with Gasteiger partial charge in [0.25, 0.3) is 0 Å². The van der Waals surface area contributed by atoms with Gasteiger partial charge in [0.2, 0.25) is 0 Å². The van der Waals surface area contributed by atoms with E-state index >= 15 is 0 Å². The van der Waals surface area contributed by atoms with Crippen LogP contribution in [0.4, 0.5) is 0 Å². The second-order valence-corrected chi connectivity index (χ2v) is 5.95. The van der Waals surface area contributed by atoms with Gasteiger partial charge in [-0.25, -0.2) is 0 Å². The largest absolute Gasteiger partial charge is 0.144 e. The Kier molecular flexibility index (Phi) is 4.11. The third-order valence-corrected chi connectivity index (χ3v) is 5.49. The Balaban J connectivity index is 2.34. The monoisotopic (exact) mass is 266 g/mol. The van der Waals surface area contributed by atoms with Gasteiger partial charge in [-0.15, -0.1) is 22.9 Å². The molecule has 0 saturated heterocycles. The molecule has 1 aromatic heterocycles. The summed E-state index contributed by atoms with van der Waals surface area (Å²) >= 11 is 8.04. The zero-order chi connectivity index (χ0) is 12.3. The van der Waals surface area contributed by atoms with Crippen molar-refractivity contribution in [3.05, 3.63) is 35.2 Å². The molecule has 0 radical (unpaired) electrons. The van der Waals surface area contributed by atoms with Crippen molar-refractivity contribution >= 4 is 33.0 Å². The normalized spacial score (nSPS) is 12.2. The first-order valence-electron chi connectivity index (χ1n) is 6.26. The lowest BCUT2D eigenvalue weighted by Gasteiger charge is -2.29. The average molecular weight is 267 g/mol. The molecule has 0 fully saturated rings. The van der Waals surface area contributed by atoms with E-state index in [0.717, 1.165) is 25.1 Å². The number of hydrogen-bond donors (Lipinski definition) is 0. The van der Waals surface area contributed by atoms with E-state index in [1.54, 1.807) is 0 Å². The van der Waals surface area contributed by atoms with Crippen molar-refractivity contribution in [1.82, 2.24) is 0 Å². The molecule has 92 valence electrons. The second kappa shape index (κ2) is 5.41. The molecule has 0 spiro atoms. The Bertz CT molecular complexity index is 474. The van der Waals surface area contributed by atoms with Crippen molar-refractivity contribution in [2.24, 2.45) is 5.41 Å². The minimum atomic E-state index is 0.269. The van der Waals surface area contributed by atoms with E-state index in [9.17, 15) is 0 Å². The summed E-state index contributed by atoms with van der Waals surface area (Å²) < 4.78 is 1.39. The van der Waals surface area contributed by atoms with Gasteiger partial charge < -0.3 is 0 Å². The van der Waals surface area contributed by atoms with Crippen LogP contribution in [0.2, 0.25) is 0 Å². The van der Waals surface area contributed by atoms with Crippen molar-refractivity contribution in [2.75, 3.05) is 5.88 Å². The van der Waals surface area contributed by atoms with Crippen LogP contribution >= 0.6 is 22.9 Å². The molecule has 0 aliphatic rings. The highest BCUT2D eigenvalue weighted by Crippen LogP contribution is 2.36. The smallest absolute Gasteiger partial charge is 0.0345 e. The van der Waals surface area contributed by atoms with Crippen molar-refractivity contribution in [3.8, 4) is 0 Å². The second-order valence-electron chi connectivity index (χ2n) is 4.77. The zero-order valence-electron chi connectivity index (χ0n) is 10.5. The molecule has 2 rings (SSSR count). The first-order valence-corrected chi connectivity index (χ1v) is 7.67. The number of halogens is 1. The molecule has 2 heteroatoms. The quantitative estimate of drug-likeness (QED) is 0.628. The number of hydrogen-bond acceptors (Lipinski definition) is 1. The molecule has 0 bridgehead atoms. The average Bonchev–Trinajstić information content (AvgIpc) is 2.79. The fraction of sp³-hybridized carbons (Fsp3) is 0.467. The maximum Gasteiger partial charge on any atom is 0.0345 e. The molecular formula is C15H19ClS. The summed E-state index contributed by atoms with van der Waals surface area (Å²) in [5.41, 5.74) is 1.74. The summed E-state index contributed by atoms with van der Waals surface area (Å²) in [5.74, 6) is 0.754. The van der Waals surface area contributed by atoms with E-state index in [0.29, 0.717) is 0 Å². The minimum Gasteiger partial charge on any atom is -0.144 e. The number of thiophene rings is 1. The van der Waals surface area contributed by atoms with E-state index < -0.39 is 0 Å². The highest BCUT2D eigenvalue weighted by atomic mass is 35.5. The van der Waals surface area contributed by atoms with Crippen molar-refractivity contribution in [3.63, 3.8) is 0 Å². The number of rotatable bonds is 5. The lowest BCUT2D eigenvalue weighted by Crippen LogP contribution is -2.23. The maximum atomic E-state index is 6.20. The Morgan fingerprint density at radius 3 is 2.53 bits per heavy atom. The maximum absolute atomic E-state index is 6.20. The third kappa shape index (κ3) is 2.51. The van der Waals surface area contributed by atoms with Gasteiger partial charge in [-0.2, -0.15) is 0 Å². The molecule has 1 aromatic carbocycles. The SMILES string of the molecule is CCC(CC)(CCl)Cc1csc2ccccc12. The highest BCUT2D eigenvalue weighted by Gasteiger charge is 2.26. The molecule has 0 aliphatic heterocycles. The van der Waals surface area contributed by atoms with E-state index in [2.05, 4.69) is 43.5 Å². The third-order valence-electron chi connectivity index (χ3n) is 3.91. The van der Waals surface area contributed by atoms with Crippen molar-refractivity contribution in [1.29, 1.82) is 0 Å². The molecule has 17 heavy (non-hydrogen) atoms. The van der Waals surface area contributed by atoms with Crippen molar-refractivity contribution < 1.29 is 0 Å². The Morgan fingerprint density at radius 2 is 1.88 bits per heavy atom. The predicted octanol–water partition coefficient (Wildman–Crippen LogP) is 5.49. The fourth-order valence-corrected chi connectivity index (χ4v) is 3.75. The number of fused-ring (bicyclic) bond motifs is 1. The number of benzene rings is 1. The van der Waals surface area contributed by atoms with E-state index in [1.165, 1.54) is 15.6 Å². The van der Waals surface area contributed by atoms with Crippen LogP contribution in [0.25, 0.3) is 10.1 Å². The molecule has 0 unspecified atom stereocenters. The Morgan fingerprint density at radius 1 is 1.18 bits per heavy atom. The van der Waals surface area contributed by atoms with Crippen LogP contribution in [-0.2, 0) is 6.42 Å². The van der Waals surface area contributed by atoms with E-state index in [-0.39, 0.29) is 5.41 Å². The molecular weight excluding hydrogens is 248 g/mol. The van der Waals surface area contributed by atoms with Gasteiger partial charge in [-0.1, -0.05) is 32.0 Å².